The van der Waals surface area contributed by atoms with Crippen molar-refractivity contribution >= 4 is 6.08 Å². The molecule has 1 aromatic rings. The molecular weight excluding hydrogens is 152 g/mol. The van der Waals surface area contributed by atoms with Gasteiger partial charge in [0.15, 0.2) is 5.82 Å². The molecule has 1 rings (SSSR count). The molecule has 0 aliphatic carbocycles. The number of rotatable bonds is 2. The lowest BCUT2D eigenvalue weighted by Crippen LogP contribution is -2.08. The molecule has 1 heterocycles. The summed E-state index contributed by atoms with van der Waals surface area (Å²) in [6.07, 6.45) is 6.27. The second-order valence-electron chi connectivity index (χ2n) is 1.91. The molecule has 12 heavy (non-hydrogen) atoms. The molecule has 0 spiro atoms. The summed E-state index contributed by atoms with van der Waals surface area (Å²) in [5.41, 5.74) is 0. The minimum atomic E-state index is 0.682. The first-order valence-electron chi connectivity index (χ1n) is 4.16. The quantitative estimate of drug-likeness (QED) is 0.680. The van der Waals surface area contributed by atoms with Crippen molar-refractivity contribution in [1.29, 1.82) is 0 Å². The first-order valence-corrected chi connectivity index (χ1v) is 4.16. The van der Waals surface area contributed by atoms with Gasteiger partial charge < -0.3 is 5.84 Å². The molecule has 4 heteroatoms. The van der Waals surface area contributed by atoms with E-state index < -0.39 is 0 Å². The second-order valence-corrected chi connectivity index (χ2v) is 1.91. The minimum absolute atomic E-state index is 0.682. The Morgan fingerprint density at radius 2 is 2.25 bits per heavy atom. The zero-order chi connectivity index (χ0) is 9.40. The van der Waals surface area contributed by atoms with Crippen molar-refractivity contribution in [1.82, 2.24) is 14.9 Å². The standard InChI is InChI=1S/C6H10N4.C2H6/c1-2-3-4-6-9-8-5-10(6)7;1-2/h3-5H,2,7H2,1H3;1-2H3/b4-3-;. The van der Waals surface area contributed by atoms with Crippen LogP contribution in [0.1, 0.15) is 33.0 Å². The van der Waals surface area contributed by atoms with E-state index in [9.17, 15) is 0 Å². The Balaban J connectivity index is 0.000000561. The molecule has 0 atom stereocenters. The Kier molecular flexibility index (Phi) is 5.69. The molecule has 0 bridgehead atoms. The zero-order valence-corrected chi connectivity index (χ0v) is 7.86. The monoisotopic (exact) mass is 168 g/mol. The fourth-order valence-electron chi connectivity index (χ4n) is 0.594. The second kappa shape index (κ2) is 6.39. The third kappa shape index (κ3) is 3.18. The van der Waals surface area contributed by atoms with E-state index in [0.29, 0.717) is 5.82 Å². The van der Waals surface area contributed by atoms with Gasteiger partial charge in [-0.15, -0.1) is 10.2 Å². The van der Waals surface area contributed by atoms with Gasteiger partial charge >= 0.3 is 0 Å². The van der Waals surface area contributed by atoms with Crippen molar-refractivity contribution in [2.24, 2.45) is 0 Å². The van der Waals surface area contributed by atoms with Crippen LogP contribution >= 0.6 is 0 Å². The first-order chi connectivity index (χ1) is 5.84. The van der Waals surface area contributed by atoms with Gasteiger partial charge in [-0.1, -0.05) is 26.8 Å². The summed E-state index contributed by atoms with van der Waals surface area (Å²) >= 11 is 0. The number of nitrogens with zero attached hydrogens (tertiary/aromatic N) is 3. The molecule has 0 saturated heterocycles. The molecule has 0 radical (unpaired) electrons. The molecule has 0 aromatic carbocycles. The van der Waals surface area contributed by atoms with Crippen LogP contribution in [0.25, 0.3) is 6.08 Å². The number of hydrogen-bond donors (Lipinski definition) is 1. The summed E-state index contributed by atoms with van der Waals surface area (Å²) in [5, 5.41) is 7.37. The van der Waals surface area contributed by atoms with E-state index in [0.717, 1.165) is 6.42 Å². The highest BCUT2D eigenvalue weighted by Gasteiger charge is 1.91. The summed E-state index contributed by atoms with van der Waals surface area (Å²) in [5.74, 6) is 6.10. The lowest BCUT2D eigenvalue weighted by molar-refractivity contribution is 0.977. The number of nitrogens with two attached hydrogens (primary N) is 1. The van der Waals surface area contributed by atoms with Crippen LogP contribution in [0.2, 0.25) is 0 Å². The number of nitrogen functional groups attached to an aromatic ring is 1. The van der Waals surface area contributed by atoms with E-state index in [-0.39, 0.29) is 0 Å². The molecular formula is C8H16N4. The number of hydrogen-bond acceptors (Lipinski definition) is 3. The number of allylic oxidation sites excluding steroid dienone is 1. The van der Waals surface area contributed by atoms with E-state index in [1.165, 1.54) is 11.0 Å². The molecule has 1 aromatic heterocycles. The van der Waals surface area contributed by atoms with Crippen LogP contribution in [0.3, 0.4) is 0 Å². The van der Waals surface area contributed by atoms with Crippen LogP contribution in [0.15, 0.2) is 12.4 Å². The number of aromatic nitrogens is 3. The van der Waals surface area contributed by atoms with Crippen LogP contribution in [0.4, 0.5) is 0 Å². The Bertz CT molecular complexity index is 227. The smallest absolute Gasteiger partial charge is 0.174 e. The molecule has 0 amide bonds. The van der Waals surface area contributed by atoms with Crippen LogP contribution in [-0.4, -0.2) is 14.9 Å². The molecule has 0 saturated carbocycles. The zero-order valence-electron chi connectivity index (χ0n) is 7.86. The average molecular weight is 168 g/mol. The topological polar surface area (TPSA) is 56.7 Å². The van der Waals surface area contributed by atoms with Gasteiger partial charge in [0.1, 0.15) is 6.33 Å². The lowest BCUT2D eigenvalue weighted by atomic mass is 10.4. The van der Waals surface area contributed by atoms with Gasteiger partial charge in [-0.2, -0.15) is 0 Å². The van der Waals surface area contributed by atoms with E-state index in [2.05, 4.69) is 10.2 Å². The van der Waals surface area contributed by atoms with Crippen molar-refractivity contribution in [2.75, 3.05) is 5.84 Å². The highest BCUT2D eigenvalue weighted by atomic mass is 15.4. The summed E-state index contributed by atoms with van der Waals surface area (Å²) in [7, 11) is 0. The van der Waals surface area contributed by atoms with Crippen molar-refractivity contribution in [2.45, 2.75) is 27.2 Å². The Labute approximate surface area is 73.1 Å². The Morgan fingerprint density at radius 1 is 1.58 bits per heavy atom. The Morgan fingerprint density at radius 3 is 2.67 bits per heavy atom. The molecule has 2 N–H and O–H groups in total. The highest BCUT2D eigenvalue weighted by molar-refractivity contribution is 5.39. The van der Waals surface area contributed by atoms with Crippen LogP contribution in [-0.2, 0) is 0 Å². The summed E-state index contributed by atoms with van der Waals surface area (Å²) < 4.78 is 1.38. The third-order valence-electron chi connectivity index (χ3n) is 1.10. The maximum absolute atomic E-state index is 5.42. The average Bonchev–Trinajstić information content (AvgIpc) is 2.51. The van der Waals surface area contributed by atoms with E-state index in [1.807, 2.05) is 32.9 Å². The van der Waals surface area contributed by atoms with Gasteiger partial charge in [-0.3, -0.25) is 0 Å². The highest BCUT2D eigenvalue weighted by Crippen LogP contribution is 1.93. The molecule has 0 unspecified atom stereocenters. The van der Waals surface area contributed by atoms with E-state index in [1.54, 1.807) is 0 Å². The van der Waals surface area contributed by atoms with Crippen molar-refractivity contribution in [3.8, 4) is 0 Å². The van der Waals surface area contributed by atoms with Crippen molar-refractivity contribution in [3.63, 3.8) is 0 Å². The predicted molar refractivity (Wildman–Crippen MR) is 50.8 cm³/mol. The van der Waals surface area contributed by atoms with Crippen LogP contribution in [0, 0.1) is 0 Å². The molecule has 0 aliphatic heterocycles. The van der Waals surface area contributed by atoms with Gasteiger partial charge in [0.2, 0.25) is 0 Å². The van der Waals surface area contributed by atoms with E-state index in [4.69, 9.17) is 5.84 Å². The maximum Gasteiger partial charge on any atom is 0.174 e. The maximum atomic E-state index is 5.42. The fourth-order valence-corrected chi connectivity index (χ4v) is 0.594. The third-order valence-corrected chi connectivity index (χ3v) is 1.10. The molecule has 0 aliphatic rings. The Hall–Kier alpha value is -1.32. The van der Waals surface area contributed by atoms with Gasteiger partial charge in [0.05, 0.1) is 0 Å². The normalized spacial score (nSPS) is 9.58. The SMILES string of the molecule is CC.CC/C=C\c1nncn1N. The van der Waals surface area contributed by atoms with Gasteiger partial charge in [-0.25, -0.2) is 4.68 Å². The van der Waals surface area contributed by atoms with Crippen LogP contribution < -0.4 is 5.84 Å². The van der Waals surface area contributed by atoms with Crippen LogP contribution in [0.5, 0.6) is 0 Å². The van der Waals surface area contributed by atoms with Crippen molar-refractivity contribution in [3.05, 3.63) is 18.2 Å². The first kappa shape index (κ1) is 10.7. The lowest BCUT2D eigenvalue weighted by Gasteiger charge is -1.89. The van der Waals surface area contributed by atoms with Gasteiger partial charge in [0.25, 0.3) is 0 Å². The minimum Gasteiger partial charge on any atom is -0.336 e. The largest absolute Gasteiger partial charge is 0.336 e. The fraction of sp³-hybridized carbons (Fsp3) is 0.500. The summed E-state index contributed by atoms with van der Waals surface area (Å²) in [6, 6.07) is 0. The summed E-state index contributed by atoms with van der Waals surface area (Å²) in [6.45, 7) is 6.05. The van der Waals surface area contributed by atoms with Gasteiger partial charge in [-0.05, 0) is 12.5 Å². The molecule has 4 nitrogen and oxygen atoms in total. The molecule has 0 fully saturated rings. The summed E-state index contributed by atoms with van der Waals surface area (Å²) in [4.78, 5) is 0. The predicted octanol–water partition coefficient (Wildman–Crippen LogP) is 1.44. The van der Waals surface area contributed by atoms with Gasteiger partial charge in [0, 0.05) is 0 Å². The molecule has 68 valence electrons. The van der Waals surface area contributed by atoms with E-state index >= 15 is 0 Å². The van der Waals surface area contributed by atoms with Crippen molar-refractivity contribution < 1.29 is 0 Å².